The number of carbonyl (C=O) groups excluding carboxylic acids is 1. The molecule has 0 spiro atoms. The Morgan fingerprint density at radius 2 is 2.25 bits per heavy atom. The first-order valence-corrected chi connectivity index (χ1v) is 4.24. The van der Waals surface area contributed by atoms with Gasteiger partial charge in [0.15, 0.2) is 6.61 Å². The van der Waals surface area contributed by atoms with Crippen molar-refractivity contribution in [1.29, 1.82) is 0 Å². The Morgan fingerprint density at radius 3 is 2.81 bits per heavy atom. The molecule has 0 bridgehead atoms. The molecule has 0 radical (unpaired) electrons. The molecule has 1 N–H and O–H groups in total. The van der Waals surface area contributed by atoms with E-state index in [0.717, 1.165) is 0 Å². The van der Waals surface area contributed by atoms with Crippen LogP contribution in [0.5, 0.6) is 0 Å². The molecule has 1 rings (SSSR count). The number of carbonyl (C=O) groups is 1. The van der Waals surface area contributed by atoms with Crippen LogP contribution in [0, 0.1) is 0 Å². The van der Waals surface area contributed by atoms with Crippen molar-refractivity contribution in [3.8, 4) is 0 Å². The van der Waals surface area contributed by atoms with Gasteiger partial charge in [0.1, 0.15) is 5.15 Å². The first kappa shape index (κ1) is 12.5. The van der Waals surface area contributed by atoms with Gasteiger partial charge in [-0.3, -0.25) is 5.32 Å². The normalized spacial score (nSPS) is 11.0. The predicted octanol–water partition coefficient (Wildman–Crippen LogP) is 2.24. The molecule has 0 fully saturated rings. The summed E-state index contributed by atoms with van der Waals surface area (Å²) in [5, 5.41) is 1.93. The van der Waals surface area contributed by atoms with E-state index in [1.807, 2.05) is 5.32 Å². The zero-order valence-corrected chi connectivity index (χ0v) is 8.34. The number of ether oxygens (including phenoxy) is 1. The van der Waals surface area contributed by atoms with E-state index in [9.17, 15) is 18.0 Å². The van der Waals surface area contributed by atoms with Crippen molar-refractivity contribution in [2.24, 2.45) is 0 Å². The summed E-state index contributed by atoms with van der Waals surface area (Å²) < 4.78 is 38.8. The number of anilines is 1. The molecular formula is C7H5ClF3N3O2. The zero-order chi connectivity index (χ0) is 12.2. The van der Waals surface area contributed by atoms with Crippen molar-refractivity contribution in [2.45, 2.75) is 6.18 Å². The molecule has 0 aliphatic carbocycles. The highest BCUT2D eigenvalue weighted by Crippen LogP contribution is 2.14. The molecule has 1 amide bonds. The van der Waals surface area contributed by atoms with E-state index in [2.05, 4.69) is 14.7 Å². The van der Waals surface area contributed by atoms with Gasteiger partial charge in [0.05, 0.1) is 0 Å². The fraction of sp³-hybridized carbons (Fsp3) is 0.286. The molecular weight excluding hydrogens is 251 g/mol. The van der Waals surface area contributed by atoms with Gasteiger partial charge >= 0.3 is 12.3 Å². The van der Waals surface area contributed by atoms with Gasteiger partial charge in [-0.15, -0.1) is 0 Å². The van der Waals surface area contributed by atoms with E-state index in [1.54, 1.807) is 0 Å². The second kappa shape index (κ2) is 4.97. The average molecular weight is 256 g/mol. The van der Waals surface area contributed by atoms with E-state index in [4.69, 9.17) is 11.6 Å². The third kappa shape index (κ3) is 4.78. The Bertz CT molecular complexity index is 385. The summed E-state index contributed by atoms with van der Waals surface area (Å²) in [5.41, 5.74) is 0. The summed E-state index contributed by atoms with van der Waals surface area (Å²) >= 11 is 5.45. The molecule has 1 heterocycles. The minimum Gasteiger partial charge on any atom is -0.440 e. The molecule has 0 unspecified atom stereocenters. The minimum atomic E-state index is -4.58. The largest absolute Gasteiger partial charge is 0.440 e. The number of rotatable bonds is 2. The lowest BCUT2D eigenvalue weighted by Crippen LogP contribution is -2.24. The topological polar surface area (TPSA) is 64.1 Å². The quantitative estimate of drug-likeness (QED) is 0.823. The molecule has 88 valence electrons. The third-order valence-electron chi connectivity index (χ3n) is 1.20. The Morgan fingerprint density at radius 1 is 1.56 bits per heavy atom. The number of hydrogen-bond acceptors (Lipinski definition) is 4. The Balaban J connectivity index is 2.46. The summed E-state index contributed by atoms with van der Waals surface area (Å²) in [7, 11) is 0. The molecule has 0 atom stereocenters. The Hall–Kier alpha value is -1.57. The number of amides is 1. The van der Waals surface area contributed by atoms with Crippen molar-refractivity contribution in [1.82, 2.24) is 9.97 Å². The maximum Gasteiger partial charge on any atom is 0.422 e. The first-order chi connectivity index (χ1) is 7.37. The van der Waals surface area contributed by atoms with E-state index >= 15 is 0 Å². The maximum atomic E-state index is 11.7. The maximum absolute atomic E-state index is 11.7. The van der Waals surface area contributed by atoms with Gasteiger partial charge in [-0.05, 0) is 6.07 Å². The average Bonchev–Trinajstić information content (AvgIpc) is 2.14. The van der Waals surface area contributed by atoms with Gasteiger partial charge in [0.25, 0.3) is 0 Å². The van der Waals surface area contributed by atoms with Crippen LogP contribution in [0.3, 0.4) is 0 Å². The highest BCUT2D eigenvalue weighted by Gasteiger charge is 2.29. The molecule has 1 aromatic heterocycles. The van der Waals surface area contributed by atoms with Crippen LogP contribution in [-0.2, 0) is 4.74 Å². The molecule has 0 aliphatic heterocycles. The summed E-state index contributed by atoms with van der Waals surface area (Å²) in [4.78, 5) is 17.9. The van der Waals surface area contributed by atoms with Crippen molar-refractivity contribution in [3.63, 3.8) is 0 Å². The fourth-order valence-electron chi connectivity index (χ4n) is 0.672. The zero-order valence-electron chi connectivity index (χ0n) is 7.58. The Kier molecular flexibility index (Phi) is 3.88. The van der Waals surface area contributed by atoms with Gasteiger partial charge in [-0.2, -0.15) is 13.2 Å². The molecule has 9 heteroatoms. The van der Waals surface area contributed by atoms with Crippen LogP contribution in [0.4, 0.5) is 23.9 Å². The van der Waals surface area contributed by atoms with Gasteiger partial charge in [-0.25, -0.2) is 14.8 Å². The van der Waals surface area contributed by atoms with Crippen molar-refractivity contribution in [2.75, 3.05) is 11.9 Å². The summed E-state index contributed by atoms with van der Waals surface area (Å²) in [6.07, 6.45) is -4.65. The number of nitrogens with one attached hydrogen (secondary N) is 1. The van der Waals surface area contributed by atoms with Crippen molar-refractivity contribution in [3.05, 3.63) is 17.4 Å². The SMILES string of the molecule is O=C(Nc1nccc(Cl)n1)OCC(F)(F)F. The second-order valence-corrected chi connectivity index (χ2v) is 2.91. The lowest BCUT2D eigenvalue weighted by molar-refractivity contribution is -0.159. The molecule has 0 aromatic carbocycles. The lowest BCUT2D eigenvalue weighted by Gasteiger charge is -2.07. The van der Waals surface area contributed by atoms with E-state index < -0.39 is 18.9 Å². The molecule has 16 heavy (non-hydrogen) atoms. The van der Waals surface area contributed by atoms with Crippen LogP contribution in [0.25, 0.3) is 0 Å². The van der Waals surface area contributed by atoms with E-state index in [0.29, 0.717) is 0 Å². The van der Waals surface area contributed by atoms with Gasteiger partial charge < -0.3 is 4.74 Å². The molecule has 1 aromatic rings. The molecule has 0 saturated heterocycles. The van der Waals surface area contributed by atoms with Crippen molar-refractivity contribution < 1.29 is 22.7 Å². The number of hydrogen-bond donors (Lipinski definition) is 1. The standard InChI is InChI=1S/C7H5ClF3N3O2/c8-4-1-2-12-5(13-4)14-6(15)16-3-7(9,10)11/h1-2H,3H2,(H,12,13,14,15). The van der Waals surface area contributed by atoms with E-state index in [-0.39, 0.29) is 11.1 Å². The smallest absolute Gasteiger partial charge is 0.422 e. The van der Waals surface area contributed by atoms with Gasteiger partial charge in [0, 0.05) is 6.20 Å². The molecule has 0 saturated carbocycles. The van der Waals surface area contributed by atoms with Crippen LogP contribution in [-0.4, -0.2) is 28.8 Å². The first-order valence-electron chi connectivity index (χ1n) is 3.86. The highest BCUT2D eigenvalue weighted by atomic mass is 35.5. The fourth-order valence-corrected chi connectivity index (χ4v) is 0.808. The van der Waals surface area contributed by atoms with Crippen LogP contribution in [0.1, 0.15) is 0 Å². The number of nitrogens with zero attached hydrogens (tertiary/aromatic N) is 2. The molecule has 0 aliphatic rings. The monoisotopic (exact) mass is 255 g/mol. The highest BCUT2D eigenvalue weighted by molar-refractivity contribution is 6.29. The predicted molar refractivity (Wildman–Crippen MR) is 48.1 cm³/mol. The Labute approximate surface area is 92.6 Å². The lowest BCUT2D eigenvalue weighted by atomic mass is 10.7. The van der Waals surface area contributed by atoms with Crippen LogP contribution in [0.2, 0.25) is 5.15 Å². The van der Waals surface area contributed by atoms with Crippen LogP contribution < -0.4 is 5.32 Å². The van der Waals surface area contributed by atoms with Crippen LogP contribution >= 0.6 is 11.6 Å². The van der Waals surface area contributed by atoms with Crippen LogP contribution in [0.15, 0.2) is 12.3 Å². The summed E-state index contributed by atoms with van der Waals surface area (Å²) in [5.74, 6) is -0.236. The van der Waals surface area contributed by atoms with Gasteiger partial charge in [-0.1, -0.05) is 11.6 Å². The summed E-state index contributed by atoms with van der Waals surface area (Å²) in [6, 6.07) is 1.34. The number of halogens is 4. The minimum absolute atomic E-state index is 0.0427. The van der Waals surface area contributed by atoms with E-state index in [1.165, 1.54) is 12.3 Å². The van der Waals surface area contributed by atoms with Crippen molar-refractivity contribution >= 4 is 23.6 Å². The second-order valence-electron chi connectivity index (χ2n) is 2.52. The summed E-state index contributed by atoms with van der Waals surface area (Å²) in [6.45, 7) is -1.68. The van der Waals surface area contributed by atoms with Gasteiger partial charge in [0.2, 0.25) is 5.95 Å². The number of alkyl halides is 3. The molecule has 5 nitrogen and oxygen atoms in total. The third-order valence-corrected chi connectivity index (χ3v) is 1.41. The number of aromatic nitrogens is 2.